The number of para-hydroxylation sites is 1. The molecule has 3 rings (SSSR count). The molecule has 130 valence electrons. The largest absolute Gasteiger partial charge is 0.488 e. The number of hydrazone groups is 1. The van der Waals surface area contributed by atoms with Gasteiger partial charge in [-0.2, -0.15) is 5.10 Å². The molecule has 0 aliphatic carbocycles. The highest BCUT2D eigenvalue weighted by Gasteiger charge is 2.11. The predicted molar refractivity (Wildman–Crippen MR) is 104 cm³/mol. The first-order chi connectivity index (χ1) is 12.7. The minimum absolute atomic E-state index is 0.334. The minimum atomic E-state index is -0.334. The van der Waals surface area contributed by atoms with E-state index in [-0.39, 0.29) is 5.91 Å². The second-order valence-electron chi connectivity index (χ2n) is 5.52. The molecule has 0 saturated heterocycles. The Kier molecular flexibility index (Phi) is 6.01. The van der Waals surface area contributed by atoms with E-state index in [2.05, 4.69) is 10.5 Å². The lowest BCUT2D eigenvalue weighted by Crippen LogP contribution is -2.18. The van der Waals surface area contributed by atoms with Gasteiger partial charge in [0.05, 0.1) is 11.8 Å². The zero-order valence-corrected chi connectivity index (χ0v) is 14.7. The molecule has 1 N–H and O–H groups in total. The number of benzene rings is 3. The Morgan fingerprint density at radius 2 is 1.65 bits per heavy atom. The van der Waals surface area contributed by atoms with Crippen LogP contribution in [-0.2, 0) is 6.61 Å². The topological polar surface area (TPSA) is 50.7 Å². The highest BCUT2D eigenvalue weighted by molar-refractivity contribution is 6.30. The normalized spacial score (nSPS) is 10.7. The van der Waals surface area contributed by atoms with Crippen LogP contribution in [-0.4, -0.2) is 12.1 Å². The molecule has 0 bridgehead atoms. The summed E-state index contributed by atoms with van der Waals surface area (Å²) in [6.45, 7) is 0.388. The van der Waals surface area contributed by atoms with Crippen molar-refractivity contribution in [2.45, 2.75) is 6.61 Å². The number of ether oxygens (including phenoxy) is 1. The van der Waals surface area contributed by atoms with Crippen LogP contribution in [0.3, 0.4) is 0 Å². The van der Waals surface area contributed by atoms with Crippen molar-refractivity contribution in [3.8, 4) is 5.75 Å². The number of hydrogen-bond donors (Lipinski definition) is 1. The molecule has 3 aromatic rings. The van der Waals surface area contributed by atoms with E-state index in [0.717, 1.165) is 11.1 Å². The van der Waals surface area contributed by atoms with Crippen molar-refractivity contribution in [1.29, 1.82) is 0 Å². The number of hydrogen-bond acceptors (Lipinski definition) is 3. The van der Waals surface area contributed by atoms with Gasteiger partial charge in [0.1, 0.15) is 12.4 Å². The summed E-state index contributed by atoms with van der Waals surface area (Å²) in [5, 5.41) is 4.63. The van der Waals surface area contributed by atoms with Crippen molar-refractivity contribution < 1.29 is 9.53 Å². The molecule has 0 aliphatic heterocycles. The van der Waals surface area contributed by atoms with Crippen molar-refractivity contribution >= 4 is 23.7 Å². The molecular weight excluding hydrogens is 348 g/mol. The lowest BCUT2D eigenvalue weighted by Gasteiger charge is -2.10. The monoisotopic (exact) mass is 364 g/mol. The van der Waals surface area contributed by atoms with Crippen molar-refractivity contribution in [2.24, 2.45) is 5.10 Å². The second kappa shape index (κ2) is 8.83. The van der Waals surface area contributed by atoms with Crippen LogP contribution >= 0.6 is 11.6 Å². The minimum Gasteiger partial charge on any atom is -0.488 e. The van der Waals surface area contributed by atoms with E-state index in [1.807, 2.05) is 48.5 Å². The van der Waals surface area contributed by atoms with Gasteiger partial charge in [-0.1, -0.05) is 66.2 Å². The molecule has 0 unspecified atom stereocenters. The fourth-order valence-electron chi connectivity index (χ4n) is 2.29. The molecule has 26 heavy (non-hydrogen) atoms. The first kappa shape index (κ1) is 17.7. The molecule has 0 saturated carbocycles. The number of nitrogens with zero attached hydrogens (tertiary/aromatic N) is 1. The van der Waals surface area contributed by atoms with Gasteiger partial charge in [-0.15, -0.1) is 0 Å². The summed E-state index contributed by atoms with van der Waals surface area (Å²) < 4.78 is 5.79. The Balaban J connectivity index is 1.64. The van der Waals surface area contributed by atoms with E-state index in [1.165, 1.54) is 0 Å². The quantitative estimate of drug-likeness (QED) is 0.510. The molecule has 3 aromatic carbocycles. The standard InChI is InChI=1S/C21H17ClN2O2/c22-18-12-10-16(11-13-18)14-23-24-21(25)19-8-4-5-9-20(19)26-15-17-6-2-1-3-7-17/h1-14H,15H2,(H,24,25)/b23-14+. The van der Waals surface area contributed by atoms with Gasteiger partial charge in [-0.25, -0.2) is 5.43 Å². The van der Waals surface area contributed by atoms with E-state index >= 15 is 0 Å². The molecule has 0 aliphatic rings. The van der Waals surface area contributed by atoms with Crippen molar-refractivity contribution in [3.05, 3.63) is 101 Å². The third-order valence-corrected chi connectivity index (χ3v) is 3.87. The van der Waals surface area contributed by atoms with Crippen LogP contribution in [0.25, 0.3) is 0 Å². The summed E-state index contributed by atoms with van der Waals surface area (Å²) >= 11 is 5.84. The van der Waals surface area contributed by atoms with Gasteiger partial charge in [-0.05, 0) is 35.4 Å². The lowest BCUT2D eigenvalue weighted by molar-refractivity contribution is 0.0950. The zero-order valence-electron chi connectivity index (χ0n) is 13.9. The Bertz CT molecular complexity index is 893. The van der Waals surface area contributed by atoms with Crippen LogP contribution in [0.4, 0.5) is 0 Å². The van der Waals surface area contributed by atoms with Gasteiger partial charge >= 0.3 is 0 Å². The van der Waals surface area contributed by atoms with E-state index in [0.29, 0.717) is 22.9 Å². The molecule has 0 atom stereocenters. The molecule has 1 amide bonds. The summed E-state index contributed by atoms with van der Waals surface area (Å²) in [4.78, 5) is 12.4. The van der Waals surface area contributed by atoms with Crippen LogP contribution in [0.15, 0.2) is 84.0 Å². The molecular formula is C21H17ClN2O2. The molecule has 0 radical (unpaired) electrons. The van der Waals surface area contributed by atoms with Gasteiger partial charge in [-0.3, -0.25) is 4.79 Å². The van der Waals surface area contributed by atoms with Crippen LogP contribution in [0.2, 0.25) is 5.02 Å². The Hall–Kier alpha value is -3.11. The average molecular weight is 365 g/mol. The van der Waals surface area contributed by atoms with E-state index in [1.54, 1.807) is 36.5 Å². The van der Waals surface area contributed by atoms with Crippen LogP contribution in [0.1, 0.15) is 21.5 Å². The maximum absolute atomic E-state index is 12.4. The number of carbonyl (C=O) groups excluding carboxylic acids is 1. The first-order valence-electron chi connectivity index (χ1n) is 8.07. The van der Waals surface area contributed by atoms with Crippen LogP contribution in [0.5, 0.6) is 5.75 Å². The smallest absolute Gasteiger partial charge is 0.275 e. The van der Waals surface area contributed by atoms with Crippen LogP contribution < -0.4 is 10.2 Å². The second-order valence-corrected chi connectivity index (χ2v) is 5.96. The van der Waals surface area contributed by atoms with Crippen molar-refractivity contribution in [3.63, 3.8) is 0 Å². The number of nitrogens with one attached hydrogen (secondary N) is 1. The van der Waals surface area contributed by atoms with Crippen molar-refractivity contribution in [1.82, 2.24) is 5.43 Å². The van der Waals surface area contributed by atoms with E-state index in [9.17, 15) is 4.79 Å². The van der Waals surface area contributed by atoms with Gasteiger partial charge in [0.15, 0.2) is 0 Å². The van der Waals surface area contributed by atoms with E-state index < -0.39 is 0 Å². The summed E-state index contributed by atoms with van der Waals surface area (Å²) in [5.74, 6) is 0.175. The molecule has 0 fully saturated rings. The Labute approximate surface area is 157 Å². The maximum atomic E-state index is 12.4. The zero-order chi connectivity index (χ0) is 18.2. The predicted octanol–water partition coefficient (Wildman–Crippen LogP) is 4.68. The number of carbonyl (C=O) groups is 1. The lowest BCUT2D eigenvalue weighted by atomic mass is 10.2. The van der Waals surface area contributed by atoms with Gasteiger partial charge in [0, 0.05) is 5.02 Å². The molecule has 5 heteroatoms. The third kappa shape index (κ3) is 4.94. The fourth-order valence-corrected chi connectivity index (χ4v) is 2.42. The fraction of sp³-hybridized carbons (Fsp3) is 0.0476. The SMILES string of the molecule is O=C(N/N=C/c1ccc(Cl)cc1)c1ccccc1OCc1ccccc1. The molecule has 0 spiro atoms. The average Bonchev–Trinajstić information content (AvgIpc) is 2.69. The van der Waals surface area contributed by atoms with E-state index in [4.69, 9.17) is 16.3 Å². The Morgan fingerprint density at radius 3 is 2.42 bits per heavy atom. The Morgan fingerprint density at radius 1 is 0.962 bits per heavy atom. The highest BCUT2D eigenvalue weighted by atomic mass is 35.5. The number of halogens is 1. The summed E-state index contributed by atoms with van der Waals surface area (Å²) in [6, 6.07) is 24.0. The van der Waals surface area contributed by atoms with Crippen LogP contribution in [0, 0.1) is 0 Å². The maximum Gasteiger partial charge on any atom is 0.275 e. The molecule has 4 nitrogen and oxygen atoms in total. The third-order valence-electron chi connectivity index (χ3n) is 3.62. The molecule has 0 heterocycles. The summed E-state index contributed by atoms with van der Waals surface area (Å²) in [5.41, 5.74) is 4.81. The van der Waals surface area contributed by atoms with Gasteiger partial charge < -0.3 is 4.74 Å². The van der Waals surface area contributed by atoms with Gasteiger partial charge in [0.25, 0.3) is 5.91 Å². The summed E-state index contributed by atoms with van der Waals surface area (Å²) in [6.07, 6.45) is 1.56. The number of rotatable bonds is 6. The number of amides is 1. The van der Waals surface area contributed by atoms with Crippen molar-refractivity contribution in [2.75, 3.05) is 0 Å². The molecule has 0 aromatic heterocycles. The summed E-state index contributed by atoms with van der Waals surface area (Å²) in [7, 11) is 0. The van der Waals surface area contributed by atoms with Gasteiger partial charge in [0.2, 0.25) is 0 Å². The first-order valence-corrected chi connectivity index (χ1v) is 8.45. The highest BCUT2D eigenvalue weighted by Crippen LogP contribution is 2.19.